The molecular weight excluding hydrogens is 262 g/mol. The van der Waals surface area contributed by atoms with Crippen molar-refractivity contribution in [3.63, 3.8) is 0 Å². The van der Waals surface area contributed by atoms with Gasteiger partial charge in [0.05, 0.1) is 5.69 Å². The summed E-state index contributed by atoms with van der Waals surface area (Å²) in [6.07, 6.45) is 4.58. The van der Waals surface area contributed by atoms with Crippen molar-refractivity contribution in [2.45, 2.75) is 25.4 Å². The van der Waals surface area contributed by atoms with Crippen LogP contribution in [0.5, 0.6) is 0 Å². The second-order valence-electron chi connectivity index (χ2n) is 5.68. The maximum atomic E-state index is 4.12. The molecule has 2 heterocycles. The number of hydrogen-bond acceptors (Lipinski definition) is 4. The second-order valence-corrected chi connectivity index (χ2v) is 5.68. The molecule has 1 aromatic heterocycles. The van der Waals surface area contributed by atoms with Crippen LogP contribution in [0.3, 0.4) is 0 Å². The Morgan fingerprint density at radius 1 is 1.19 bits per heavy atom. The van der Waals surface area contributed by atoms with E-state index in [0.717, 1.165) is 18.8 Å². The molecule has 0 radical (unpaired) electrons. The summed E-state index contributed by atoms with van der Waals surface area (Å²) in [4.78, 5) is 2.58. The van der Waals surface area contributed by atoms with Gasteiger partial charge in [-0.1, -0.05) is 35.5 Å². The van der Waals surface area contributed by atoms with Gasteiger partial charge < -0.3 is 5.32 Å². The summed E-state index contributed by atoms with van der Waals surface area (Å²) in [7, 11) is 1.90. The topological polar surface area (TPSA) is 46.0 Å². The monoisotopic (exact) mass is 285 g/mol. The highest BCUT2D eigenvalue weighted by Gasteiger charge is 2.22. The van der Waals surface area contributed by atoms with Gasteiger partial charge in [-0.2, -0.15) is 0 Å². The molecule has 1 aliphatic heterocycles. The van der Waals surface area contributed by atoms with Gasteiger partial charge in [0.25, 0.3) is 0 Å². The van der Waals surface area contributed by atoms with E-state index in [1.807, 2.05) is 13.2 Å². The first-order valence-electron chi connectivity index (χ1n) is 7.68. The van der Waals surface area contributed by atoms with Crippen LogP contribution in [0, 0.1) is 0 Å². The first-order valence-corrected chi connectivity index (χ1v) is 7.68. The Labute approximate surface area is 126 Å². The molecule has 1 aliphatic rings. The molecule has 1 fully saturated rings. The summed E-state index contributed by atoms with van der Waals surface area (Å²) in [5, 5.41) is 11.6. The van der Waals surface area contributed by atoms with E-state index < -0.39 is 0 Å². The summed E-state index contributed by atoms with van der Waals surface area (Å²) in [5.74, 6) is 0. The molecule has 0 bridgehead atoms. The molecule has 112 valence electrons. The van der Waals surface area contributed by atoms with Crippen LogP contribution in [0.4, 0.5) is 0 Å². The first kappa shape index (κ1) is 14.2. The molecule has 0 spiro atoms. The lowest BCUT2D eigenvalue weighted by molar-refractivity contribution is 0.238. The largest absolute Gasteiger partial charge is 0.309 e. The highest BCUT2D eigenvalue weighted by Crippen LogP contribution is 2.24. The quantitative estimate of drug-likeness (QED) is 0.878. The lowest BCUT2D eigenvalue weighted by atomic mass is 10.1. The van der Waals surface area contributed by atoms with Gasteiger partial charge in [0.1, 0.15) is 0 Å². The highest BCUT2D eigenvalue weighted by atomic mass is 15.4. The van der Waals surface area contributed by atoms with Gasteiger partial charge in [0, 0.05) is 32.4 Å². The first-order chi connectivity index (χ1) is 10.3. The van der Waals surface area contributed by atoms with E-state index in [1.54, 1.807) is 4.68 Å². The van der Waals surface area contributed by atoms with Crippen molar-refractivity contribution < 1.29 is 0 Å². The average molecular weight is 285 g/mol. The zero-order chi connectivity index (χ0) is 14.5. The van der Waals surface area contributed by atoms with Crippen LogP contribution in [0.1, 0.15) is 30.1 Å². The molecule has 0 amide bonds. The van der Waals surface area contributed by atoms with Crippen LogP contribution in [-0.2, 0) is 13.6 Å². The van der Waals surface area contributed by atoms with Crippen LogP contribution < -0.4 is 5.32 Å². The Bertz CT molecular complexity index is 545. The summed E-state index contributed by atoms with van der Waals surface area (Å²) >= 11 is 0. The minimum atomic E-state index is 0.449. The number of rotatable bonds is 6. The number of nitrogens with zero attached hydrogens (tertiary/aromatic N) is 4. The van der Waals surface area contributed by atoms with Crippen molar-refractivity contribution >= 4 is 0 Å². The van der Waals surface area contributed by atoms with Crippen molar-refractivity contribution in [2.24, 2.45) is 7.05 Å². The fourth-order valence-corrected chi connectivity index (χ4v) is 3.00. The Kier molecular flexibility index (Phi) is 4.62. The standard InChI is InChI=1S/C16H23N5/c1-20-13-15(18-19-20)11-17-12-16(21-9-5-6-10-21)14-7-3-2-4-8-14/h2-4,7-8,13,16-17H,5-6,9-12H2,1H3. The number of hydrogen-bond donors (Lipinski definition) is 1. The molecule has 1 N–H and O–H groups in total. The van der Waals surface area contributed by atoms with E-state index in [9.17, 15) is 0 Å². The predicted octanol–water partition coefficient (Wildman–Crippen LogP) is 1.74. The van der Waals surface area contributed by atoms with Crippen LogP contribution in [0.2, 0.25) is 0 Å². The molecule has 2 aromatic rings. The fraction of sp³-hybridized carbons (Fsp3) is 0.500. The lowest BCUT2D eigenvalue weighted by Crippen LogP contribution is -2.34. The van der Waals surface area contributed by atoms with Crippen LogP contribution in [-0.4, -0.2) is 39.5 Å². The SMILES string of the molecule is Cn1cc(CNCC(c2ccccc2)N2CCCC2)nn1. The number of aromatic nitrogens is 3. The molecule has 5 nitrogen and oxygen atoms in total. The summed E-state index contributed by atoms with van der Waals surface area (Å²) in [6.45, 7) is 4.12. The van der Waals surface area contributed by atoms with Gasteiger partial charge >= 0.3 is 0 Å². The Morgan fingerprint density at radius 2 is 1.95 bits per heavy atom. The number of benzene rings is 1. The van der Waals surface area contributed by atoms with Gasteiger partial charge in [0.2, 0.25) is 0 Å². The molecule has 1 aromatic carbocycles. The zero-order valence-corrected chi connectivity index (χ0v) is 12.6. The van der Waals surface area contributed by atoms with Crippen molar-refractivity contribution in [1.29, 1.82) is 0 Å². The van der Waals surface area contributed by atoms with E-state index in [-0.39, 0.29) is 0 Å². The maximum absolute atomic E-state index is 4.12. The molecule has 1 unspecified atom stereocenters. The number of aryl methyl sites for hydroxylation is 1. The summed E-state index contributed by atoms with van der Waals surface area (Å²) in [5.41, 5.74) is 2.39. The summed E-state index contributed by atoms with van der Waals surface area (Å²) in [6, 6.07) is 11.2. The molecule has 3 rings (SSSR count). The van der Waals surface area contributed by atoms with Crippen molar-refractivity contribution in [3.8, 4) is 0 Å². The molecule has 0 saturated carbocycles. The lowest BCUT2D eigenvalue weighted by Gasteiger charge is -2.28. The van der Waals surface area contributed by atoms with E-state index in [1.165, 1.54) is 31.5 Å². The van der Waals surface area contributed by atoms with Gasteiger partial charge in [-0.3, -0.25) is 9.58 Å². The van der Waals surface area contributed by atoms with Crippen molar-refractivity contribution in [1.82, 2.24) is 25.2 Å². The molecular formula is C16H23N5. The number of likely N-dealkylation sites (tertiary alicyclic amines) is 1. The van der Waals surface area contributed by atoms with Gasteiger partial charge in [-0.05, 0) is 31.5 Å². The molecule has 0 aliphatic carbocycles. The van der Waals surface area contributed by atoms with Crippen molar-refractivity contribution in [2.75, 3.05) is 19.6 Å². The maximum Gasteiger partial charge on any atom is 0.0964 e. The Hall–Kier alpha value is -1.72. The van der Waals surface area contributed by atoms with E-state index in [2.05, 4.69) is 50.9 Å². The highest BCUT2D eigenvalue weighted by molar-refractivity contribution is 5.19. The van der Waals surface area contributed by atoms with Crippen LogP contribution >= 0.6 is 0 Å². The van der Waals surface area contributed by atoms with Gasteiger partial charge in [-0.25, -0.2) is 0 Å². The minimum absolute atomic E-state index is 0.449. The molecule has 5 heteroatoms. The molecule has 21 heavy (non-hydrogen) atoms. The minimum Gasteiger partial charge on any atom is -0.309 e. The second kappa shape index (κ2) is 6.83. The molecule has 1 atom stereocenters. The number of nitrogens with one attached hydrogen (secondary N) is 1. The fourth-order valence-electron chi connectivity index (χ4n) is 3.00. The Morgan fingerprint density at radius 3 is 2.62 bits per heavy atom. The third-order valence-corrected chi connectivity index (χ3v) is 4.06. The summed E-state index contributed by atoms with van der Waals surface area (Å²) < 4.78 is 1.74. The van der Waals surface area contributed by atoms with Gasteiger partial charge in [0.15, 0.2) is 0 Å². The Balaban J connectivity index is 1.62. The van der Waals surface area contributed by atoms with E-state index in [0.29, 0.717) is 6.04 Å². The van der Waals surface area contributed by atoms with Gasteiger partial charge in [-0.15, -0.1) is 5.10 Å². The predicted molar refractivity (Wildman–Crippen MR) is 82.7 cm³/mol. The van der Waals surface area contributed by atoms with Crippen LogP contribution in [0.25, 0.3) is 0 Å². The normalized spacial score (nSPS) is 17.2. The average Bonchev–Trinajstić information content (AvgIpc) is 3.16. The van der Waals surface area contributed by atoms with E-state index in [4.69, 9.17) is 0 Å². The molecule has 1 saturated heterocycles. The van der Waals surface area contributed by atoms with Crippen LogP contribution in [0.15, 0.2) is 36.5 Å². The van der Waals surface area contributed by atoms with E-state index >= 15 is 0 Å². The van der Waals surface area contributed by atoms with Crippen molar-refractivity contribution in [3.05, 3.63) is 47.8 Å². The zero-order valence-electron chi connectivity index (χ0n) is 12.6. The third-order valence-electron chi connectivity index (χ3n) is 4.06. The third kappa shape index (κ3) is 3.68. The smallest absolute Gasteiger partial charge is 0.0964 e.